The van der Waals surface area contributed by atoms with Gasteiger partial charge in [0.25, 0.3) is 5.91 Å². The van der Waals surface area contributed by atoms with Gasteiger partial charge in [0.1, 0.15) is 5.75 Å². The van der Waals surface area contributed by atoms with Crippen molar-refractivity contribution in [1.29, 1.82) is 0 Å². The first-order valence-electron chi connectivity index (χ1n) is 7.85. The topological polar surface area (TPSA) is 46.6 Å². The second-order valence-corrected chi connectivity index (χ2v) is 6.68. The van der Waals surface area contributed by atoms with Crippen LogP contribution < -0.4 is 4.74 Å². The number of Topliss-reactive ketones (excluding diaryl/α,β-unsaturated/α-hetero) is 1. The Balaban J connectivity index is 1.81. The van der Waals surface area contributed by atoms with Crippen molar-refractivity contribution in [2.24, 2.45) is 0 Å². The fraction of sp³-hybridized carbons (Fsp3) is 0.263. The quantitative estimate of drug-likeness (QED) is 0.746. The van der Waals surface area contributed by atoms with Gasteiger partial charge in [-0.25, -0.2) is 0 Å². The third-order valence-electron chi connectivity index (χ3n) is 4.26. The van der Waals surface area contributed by atoms with Crippen molar-refractivity contribution in [3.05, 3.63) is 64.1 Å². The molecule has 4 nitrogen and oxygen atoms in total. The predicted molar refractivity (Wildman–Crippen MR) is 95.5 cm³/mol. The van der Waals surface area contributed by atoms with Crippen molar-refractivity contribution in [3.63, 3.8) is 0 Å². The molecule has 1 saturated heterocycles. The molecule has 0 aliphatic carbocycles. The number of ketones is 1. The van der Waals surface area contributed by atoms with Crippen LogP contribution in [0.25, 0.3) is 0 Å². The molecule has 1 fully saturated rings. The van der Waals surface area contributed by atoms with Gasteiger partial charge in [-0.2, -0.15) is 0 Å². The number of hydrogen-bond donors (Lipinski definition) is 0. The molecule has 1 aliphatic rings. The number of nitrogens with zero attached hydrogens (tertiary/aromatic N) is 1. The minimum absolute atomic E-state index is 0.0153. The molecule has 24 heavy (non-hydrogen) atoms. The van der Waals surface area contributed by atoms with Gasteiger partial charge in [0.05, 0.1) is 13.2 Å². The lowest BCUT2D eigenvalue weighted by atomic mass is 10.0. The molecule has 1 heterocycles. The molecule has 5 heteroatoms. The highest BCUT2D eigenvalue weighted by atomic mass is 79.9. The van der Waals surface area contributed by atoms with Crippen molar-refractivity contribution in [3.8, 4) is 5.75 Å². The number of carbonyl (C=O) groups excluding carboxylic acids is 2. The largest absolute Gasteiger partial charge is 0.497 e. The molecular weight excluding hydrogens is 370 g/mol. The summed E-state index contributed by atoms with van der Waals surface area (Å²) in [5, 5.41) is 0. The van der Waals surface area contributed by atoms with Crippen molar-refractivity contribution in [1.82, 2.24) is 4.90 Å². The van der Waals surface area contributed by atoms with Crippen LogP contribution in [0, 0.1) is 0 Å². The minimum Gasteiger partial charge on any atom is -0.497 e. The van der Waals surface area contributed by atoms with E-state index < -0.39 is 6.04 Å². The van der Waals surface area contributed by atoms with Gasteiger partial charge >= 0.3 is 0 Å². The highest BCUT2D eigenvalue weighted by Crippen LogP contribution is 2.25. The maximum absolute atomic E-state index is 12.8. The summed E-state index contributed by atoms with van der Waals surface area (Å²) in [7, 11) is 1.59. The lowest BCUT2D eigenvalue weighted by molar-refractivity contribution is 0.0671. The van der Waals surface area contributed by atoms with E-state index in [1.165, 1.54) is 0 Å². The number of halogens is 1. The van der Waals surface area contributed by atoms with Crippen LogP contribution in [0.3, 0.4) is 0 Å². The summed E-state index contributed by atoms with van der Waals surface area (Å²) in [4.78, 5) is 27.3. The third-order valence-corrected chi connectivity index (χ3v) is 4.76. The summed E-state index contributed by atoms with van der Waals surface area (Å²) in [5.74, 6) is 0.596. The SMILES string of the molecule is COc1ccc(C(=O)C2CCCN2C(=O)c2cccc(Br)c2)cc1. The van der Waals surface area contributed by atoms with Gasteiger partial charge in [0, 0.05) is 22.1 Å². The van der Waals surface area contributed by atoms with Gasteiger partial charge < -0.3 is 9.64 Å². The van der Waals surface area contributed by atoms with E-state index in [1.54, 1.807) is 48.4 Å². The Labute approximate surface area is 149 Å². The Kier molecular flexibility index (Phi) is 5.00. The average Bonchev–Trinajstić information content (AvgIpc) is 3.10. The number of hydrogen-bond acceptors (Lipinski definition) is 3. The molecule has 1 unspecified atom stereocenters. The highest BCUT2D eigenvalue weighted by molar-refractivity contribution is 9.10. The number of ether oxygens (including phenoxy) is 1. The molecule has 124 valence electrons. The van der Waals surface area contributed by atoms with Crippen LogP contribution in [0.4, 0.5) is 0 Å². The van der Waals surface area contributed by atoms with Gasteiger partial charge in [-0.05, 0) is 55.3 Å². The lowest BCUT2D eigenvalue weighted by Crippen LogP contribution is -2.40. The van der Waals surface area contributed by atoms with Crippen LogP contribution in [0.15, 0.2) is 53.0 Å². The van der Waals surface area contributed by atoms with Crippen molar-refractivity contribution < 1.29 is 14.3 Å². The Bertz CT molecular complexity index is 757. The normalized spacial score (nSPS) is 16.9. The predicted octanol–water partition coefficient (Wildman–Crippen LogP) is 3.95. The molecule has 0 bridgehead atoms. The summed E-state index contributed by atoms with van der Waals surface area (Å²) in [5.41, 5.74) is 1.20. The Hall–Kier alpha value is -2.14. The van der Waals surface area contributed by atoms with Crippen LogP contribution in [0.5, 0.6) is 5.75 Å². The monoisotopic (exact) mass is 387 g/mol. The fourth-order valence-corrected chi connectivity index (χ4v) is 3.42. The van der Waals surface area contributed by atoms with Crippen molar-refractivity contribution in [2.75, 3.05) is 13.7 Å². The van der Waals surface area contributed by atoms with E-state index in [0.717, 1.165) is 10.9 Å². The summed E-state index contributed by atoms with van der Waals surface area (Å²) >= 11 is 3.38. The Morgan fingerprint density at radius 3 is 2.54 bits per heavy atom. The smallest absolute Gasteiger partial charge is 0.254 e. The van der Waals surface area contributed by atoms with Crippen LogP contribution in [-0.2, 0) is 0 Å². The number of amides is 1. The standard InChI is InChI=1S/C19H18BrNO3/c1-24-16-9-7-13(8-10-16)18(22)17-6-3-11-21(17)19(23)14-4-2-5-15(20)12-14/h2,4-5,7-10,12,17H,3,6,11H2,1H3. The van der Waals surface area contributed by atoms with E-state index in [9.17, 15) is 9.59 Å². The number of methoxy groups -OCH3 is 1. The first-order valence-corrected chi connectivity index (χ1v) is 8.64. The summed E-state index contributed by atoms with van der Waals surface area (Å²) < 4.78 is 5.97. The van der Waals surface area contributed by atoms with E-state index >= 15 is 0 Å². The van der Waals surface area contributed by atoms with E-state index in [1.807, 2.05) is 12.1 Å². The number of carbonyl (C=O) groups is 2. The number of rotatable bonds is 4. The van der Waals surface area contributed by atoms with E-state index in [0.29, 0.717) is 29.8 Å². The minimum atomic E-state index is -0.398. The van der Waals surface area contributed by atoms with E-state index in [-0.39, 0.29) is 11.7 Å². The Morgan fingerprint density at radius 2 is 1.88 bits per heavy atom. The van der Waals surface area contributed by atoms with Crippen LogP contribution in [0.1, 0.15) is 33.6 Å². The molecule has 0 saturated carbocycles. The fourth-order valence-electron chi connectivity index (χ4n) is 3.02. The molecule has 1 aliphatic heterocycles. The third kappa shape index (κ3) is 3.36. The van der Waals surface area contributed by atoms with Gasteiger partial charge in [0.15, 0.2) is 5.78 Å². The maximum atomic E-state index is 12.8. The molecule has 2 aromatic carbocycles. The van der Waals surface area contributed by atoms with Gasteiger partial charge in [-0.1, -0.05) is 22.0 Å². The first kappa shape index (κ1) is 16.7. The molecule has 2 aromatic rings. The zero-order valence-electron chi connectivity index (χ0n) is 13.4. The van der Waals surface area contributed by atoms with Crippen LogP contribution in [-0.4, -0.2) is 36.3 Å². The number of benzene rings is 2. The van der Waals surface area contributed by atoms with E-state index in [4.69, 9.17) is 4.74 Å². The molecule has 1 amide bonds. The molecule has 0 N–H and O–H groups in total. The van der Waals surface area contributed by atoms with Gasteiger partial charge in [-0.3, -0.25) is 9.59 Å². The van der Waals surface area contributed by atoms with Crippen molar-refractivity contribution >= 4 is 27.6 Å². The van der Waals surface area contributed by atoms with E-state index in [2.05, 4.69) is 15.9 Å². The molecular formula is C19H18BrNO3. The van der Waals surface area contributed by atoms with Gasteiger partial charge in [-0.15, -0.1) is 0 Å². The first-order chi connectivity index (χ1) is 11.6. The molecule has 3 rings (SSSR count). The molecule has 1 atom stereocenters. The molecule has 0 radical (unpaired) electrons. The maximum Gasteiger partial charge on any atom is 0.254 e. The second-order valence-electron chi connectivity index (χ2n) is 5.76. The lowest BCUT2D eigenvalue weighted by Gasteiger charge is -2.24. The highest BCUT2D eigenvalue weighted by Gasteiger charge is 2.34. The zero-order chi connectivity index (χ0) is 17.1. The molecule has 0 spiro atoms. The number of likely N-dealkylation sites (tertiary alicyclic amines) is 1. The van der Waals surface area contributed by atoms with Gasteiger partial charge in [0.2, 0.25) is 0 Å². The zero-order valence-corrected chi connectivity index (χ0v) is 15.0. The summed E-state index contributed by atoms with van der Waals surface area (Å²) in [6.45, 7) is 0.609. The van der Waals surface area contributed by atoms with Crippen LogP contribution >= 0.6 is 15.9 Å². The van der Waals surface area contributed by atoms with Crippen molar-refractivity contribution in [2.45, 2.75) is 18.9 Å². The summed E-state index contributed by atoms with van der Waals surface area (Å²) in [6.07, 6.45) is 1.54. The average molecular weight is 388 g/mol. The second kappa shape index (κ2) is 7.18. The Morgan fingerprint density at radius 1 is 1.12 bits per heavy atom. The summed E-state index contributed by atoms with van der Waals surface area (Å²) in [6, 6.07) is 13.9. The van der Waals surface area contributed by atoms with Crippen LogP contribution in [0.2, 0.25) is 0 Å². The molecule has 0 aromatic heterocycles.